The first-order chi connectivity index (χ1) is 10.6. The van der Waals surface area contributed by atoms with Crippen molar-refractivity contribution in [3.05, 3.63) is 36.5 Å². The zero-order valence-corrected chi connectivity index (χ0v) is 12.3. The Morgan fingerprint density at radius 3 is 2.73 bits per heavy atom. The van der Waals surface area contributed by atoms with Crippen LogP contribution < -0.4 is 5.32 Å². The van der Waals surface area contributed by atoms with Crippen molar-refractivity contribution in [1.82, 2.24) is 4.98 Å². The number of benzene rings is 1. The lowest BCUT2D eigenvalue weighted by molar-refractivity contribution is -0.146. The van der Waals surface area contributed by atoms with E-state index in [1.165, 1.54) is 0 Å². The summed E-state index contributed by atoms with van der Waals surface area (Å²) in [7, 11) is 0. The van der Waals surface area contributed by atoms with E-state index in [0.717, 1.165) is 17.2 Å². The molecule has 6 heteroatoms. The molecule has 0 aliphatic heterocycles. The van der Waals surface area contributed by atoms with Crippen molar-refractivity contribution in [3.8, 4) is 0 Å². The average Bonchev–Trinajstić information content (AvgIpc) is 2.51. The van der Waals surface area contributed by atoms with Crippen LogP contribution in [0.3, 0.4) is 0 Å². The van der Waals surface area contributed by atoms with Gasteiger partial charge in [-0.05, 0) is 24.3 Å². The molecule has 0 saturated carbocycles. The second kappa shape index (κ2) is 7.40. The number of nitrogens with zero attached hydrogens (tertiary/aromatic N) is 1. The van der Waals surface area contributed by atoms with Gasteiger partial charge in [0.2, 0.25) is 6.10 Å². The van der Waals surface area contributed by atoms with Gasteiger partial charge in [-0.2, -0.15) is 0 Å². The van der Waals surface area contributed by atoms with Crippen LogP contribution in [0.1, 0.15) is 26.2 Å². The van der Waals surface area contributed by atoms with Crippen LogP contribution in [-0.2, 0) is 9.53 Å². The van der Waals surface area contributed by atoms with Crippen molar-refractivity contribution < 1.29 is 19.4 Å². The molecule has 0 fully saturated rings. The summed E-state index contributed by atoms with van der Waals surface area (Å²) in [6.07, 6.45) is 1.49. The Kier molecular flexibility index (Phi) is 5.30. The molecule has 0 bridgehead atoms. The molecule has 0 saturated heterocycles. The van der Waals surface area contributed by atoms with Gasteiger partial charge < -0.3 is 9.84 Å². The highest BCUT2D eigenvalue weighted by Gasteiger charge is 2.21. The molecule has 6 nitrogen and oxygen atoms in total. The number of fused-ring (bicyclic) bond motifs is 1. The Bertz CT molecular complexity index is 672. The summed E-state index contributed by atoms with van der Waals surface area (Å²) in [5.74, 6) is -0.821. The number of pyridine rings is 1. The fraction of sp³-hybridized carbons (Fsp3) is 0.312. The molecule has 0 aliphatic rings. The van der Waals surface area contributed by atoms with Gasteiger partial charge in [0, 0.05) is 11.6 Å². The molecular formula is C16H18N2O4. The molecule has 1 unspecified atom stereocenters. The predicted octanol–water partition coefficient (Wildman–Crippen LogP) is 3.43. The highest BCUT2D eigenvalue weighted by atomic mass is 16.6. The minimum Gasteiger partial charge on any atom is -0.479 e. The number of aromatic nitrogens is 1. The molecular weight excluding hydrogens is 284 g/mol. The van der Waals surface area contributed by atoms with E-state index in [2.05, 4.69) is 10.3 Å². The lowest BCUT2D eigenvalue weighted by Gasteiger charge is -2.13. The summed E-state index contributed by atoms with van der Waals surface area (Å²) in [4.78, 5) is 26.9. The minimum absolute atomic E-state index is 0.296. The van der Waals surface area contributed by atoms with Gasteiger partial charge in [-0.15, -0.1) is 0 Å². The van der Waals surface area contributed by atoms with Gasteiger partial charge in [-0.1, -0.05) is 37.6 Å². The Morgan fingerprint density at radius 2 is 2.05 bits per heavy atom. The molecule has 1 aromatic carbocycles. The van der Waals surface area contributed by atoms with Gasteiger partial charge in [0.25, 0.3) is 0 Å². The van der Waals surface area contributed by atoms with Gasteiger partial charge in [0.05, 0.1) is 0 Å². The lowest BCUT2D eigenvalue weighted by atomic mass is 10.1. The highest BCUT2D eigenvalue weighted by molar-refractivity contribution is 5.90. The van der Waals surface area contributed by atoms with Gasteiger partial charge in [-0.3, -0.25) is 5.32 Å². The number of rotatable bonds is 6. The van der Waals surface area contributed by atoms with E-state index in [0.29, 0.717) is 18.7 Å². The quantitative estimate of drug-likeness (QED) is 0.853. The van der Waals surface area contributed by atoms with Crippen LogP contribution in [0.2, 0.25) is 0 Å². The molecule has 116 valence electrons. The van der Waals surface area contributed by atoms with E-state index in [-0.39, 0.29) is 0 Å². The first kappa shape index (κ1) is 15.8. The topological polar surface area (TPSA) is 88.5 Å². The van der Waals surface area contributed by atoms with Crippen LogP contribution >= 0.6 is 0 Å². The predicted molar refractivity (Wildman–Crippen MR) is 82.8 cm³/mol. The number of unbranched alkanes of at least 4 members (excludes halogenated alkanes) is 1. The average molecular weight is 302 g/mol. The van der Waals surface area contributed by atoms with Crippen LogP contribution in [0.25, 0.3) is 10.8 Å². The lowest BCUT2D eigenvalue weighted by Crippen LogP contribution is -2.29. The second-order valence-electron chi connectivity index (χ2n) is 4.92. The van der Waals surface area contributed by atoms with E-state index in [1.54, 1.807) is 12.3 Å². The maximum Gasteiger partial charge on any atom is 0.413 e. The molecule has 1 aromatic heterocycles. The number of hydrogen-bond acceptors (Lipinski definition) is 4. The summed E-state index contributed by atoms with van der Waals surface area (Å²) in [6.45, 7) is 1.94. The summed E-state index contributed by atoms with van der Waals surface area (Å²) >= 11 is 0. The van der Waals surface area contributed by atoms with Crippen molar-refractivity contribution in [2.75, 3.05) is 5.32 Å². The number of hydrogen-bond donors (Lipinski definition) is 2. The van der Waals surface area contributed by atoms with Gasteiger partial charge >= 0.3 is 12.1 Å². The Hall–Kier alpha value is -2.63. The number of carboxylic acid groups (broad SMARTS) is 1. The number of anilines is 1. The van der Waals surface area contributed by atoms with Crippen molar-refractivity contribution in [3.63, 3.8) is 0 Å². The number of carboxylic acids is 1. The van der Waals surface area contributed by atoms with Crippen molar-refractivity contribution >= 4 is 28.7 Å². The number of carbonyl (C=O) groups excluding carboxylic acids is 1. The number of amides is 1. The zero-order valence-electron chi connectivity index (χ0n) is 12.3. The largest absolute Gasteiger partial charge is 0.479 e. The number of ether oxygens (including phenoxy) is 1. The van der Waals surface area contributed by atoms with Crippen LogP contribution in [0.4, 0.5) is 10.6 Å². The van der Waals surface area contributed by atoms with E-state index in [9.17, 15) is 9.59 Å². The van der Waals surface area contributed by atoms with E-state index >= 15 is 0 Å². The Morgan fingerprint density at radius 1 is 1.32 bits per heavy atom. The number of aliphatic carboxylic acids is 1. The minimum atomic E-state index is -1.14. The zero-order chi connectivity index (χ0) is 15.9. The summed E-state index contributed by atoms with van der Waals surface area (Å²) < 4.78 is 4.94. The van der Waals surface area contributed by atoms with Crippen molar-refractivity contribution in [1.29, 1.82) is 0 Å². The SMILES string of the molecule is CCCCC(OC(=O)Nc1cc2ccccc2cn1)C(=O)O. The summed E-state index contributed by atoms with van der Waals surface area (Å²) in [5, 5.41) is 13.4. The van der Waals surface area contributed by atoms with Crippen molar-refractivity contribution in [2.24, 2.45) is 0 Å². The van der Waals surface area contributed by atoms with Gasteiger partial charge in [-0.25, -0.2) is 14.6 Å². The summed E-state index contributed by atoms with van der Waals surface area (Å²) in [6, 6.07) is 9.30. The fourth-order valence-corrected chi connectivity index (χ4v) is 2.04. The molecule has 2 aromatic rings. The molecule has 0 aliphatic carbocycles. The van der Waals surface area contributed by atoms with Crippen LogP contribution in [0.5, 0.6) is 0 Å². The molecule has 1 amide bonds. The highest BCUT2D eigenvalue weighted by Crippen LogP contribution is 2.16. The molecule has 0 radical (unpaired) electrons. The summed E-state index contributed by atoms with van der Waals surface area (Å²) in [5.41, 5.74) is 0. The number of nitrogens with one attached hydrogen (secondary N) is 1. The molecule has 22 heavy (non-hydrogen) atoms. The van der Waals surface area contributed by atoms with Crippen LogP contribution in [0.15, 0.2) is 36.5 Å². The van der Waals surface area contributed by atoms with E-state index < -0.39 is 18.2 Å². The van der Waals surface area contributed by atoms with Gasteiger partial charge in [0.15, 0.2) is 0 Å². The standard InChI is InChI=1S/C16H18N2O4/c1-2-3-8-13(15(19)20)22-16(21)18-14-9-11-6-4-5-7-12(11)10-17-14/h4-7,9-10,13H,2-3,8H2,1H3,(H,19,20)(H,17,18,21). The van der Waals surface area contributed by atoms with Gasteiger partial charge in [0.1, 0.15) is 5.82 Å². The Labute approximate surface area is 128 Å². The first-order valence-corrected chi connectivity index (χ1v) is 7.15. The maximum absolute atomic E-state index is 11.8. The normalized spacial score (nSPS) is 11.9. The molecule has 0 spiro atoms. The second-order valence-corrected chi connectivity index (χ2v) is 4.92. The maximum atomic E-state index is 11.8. The third-order valence-electron chi connectivity index (χ3n) is 3.21. The monoisotopic (exact) mass is 302 g/mol. The third kappa shape index (κ3) is 4.18. The fourth-order valence-electron chi connectivity index (χ4n) is 2.04. The third-order valence-corrected chi connectivity index (χ3v) is 3.21. The first-order valence-electron chi connectivity index (χ1n) is 7.15. The smallest absolute Gasteiger partial charge is 0.413 e. The van der Waals surface area contributed by atoms with Crippen LogP contribution in [0, 0.1) is 0 Å². The van der Waals surface area contributed by atoms with Crippen LogP contribution in [-0.4, -0.2) is 28.3 Å². The van der Waals surface area contributed by atoms with E-state index in [1.807, 2.05) is 31.2 Å². The Balaban J connectivity index is 2.01. The number of carbonyl (C=O) groups is 2. The molecule has 1 atom stereocenters. The van der Waals surface area contributed by atoms with Crippen molar-refractivity contribution in [2.45, 2.75) is 32.3 Å². The molecule has 2 N–H and O–H groups in total. The molecule has 1 heterocycles. The molecule has 2 rings (SSSR count). The van der Waals surface area contributed by atoms with E-state index in [4.69, 9.17) is 9.84 Å².